The Hall–Kier alpha value is -1.84. The van der Waals surface area contributed by atoms with Crippen LogP contribution in [0.4, 0.5) is 0 Å². The first-order chi connectivity index (χ1) is 9.15. The van der Waals surface area contributed by atoms with Crippen molar-refractivity contribution in [1.82, 2.24) is 0 Å². The molecule has 0 fully saturated rings. The number of rotatable bonds is 8. The van der Waals surface area contributed by atoms with E-state index in [9.17, 15) is 9.59 Å². The summed E-state index contributed by atoms with van der Waals surface area (Å²) in [6.07, 6.45) is 1.20. The summed E-state index contributed by atoms with van der Waals surface area (Å²) in [7, 11) is 0. The van der Waals surface area contributed by atoms with Crippen LogP contribution in [0.1, 0.15) is 32.3 Å². The van der Waals surface area contributed by atoms with Crippen LogP contribution in [-0.4, -0.2) is 25.0 Å². The first-order valence-corrected chi connectivity index (χ1v) is 6.54. The lowest BCUT2D eigenvalue weighted by Gasteiger charge is -2.06. The predicted octanol–water partition coefficient (Wildman–Crippen LogP) is 2.54. The SMILES string of the molecule is CCOC(=O)CCC(=O)COc1cccc(CC)c1. The predicted molar refractivity (Wildman–Crippen MR) is 72.2 cm³/mol. The third-order valence-electron chi connectivity index (χ3n) is 2.62. The lowest BCUT2D eigenvalue weighted by molar-refractivity contribution is -0.144. The molecular formula is C15H20O4. The van der Waals surface area contributed by atoms with Crippen molar-refractivity contribution in [3.63, 3.8) is 0 Å². The van der Waals surface area contributed by atoms with Gasteiger partial charge in [0.05, 0.1) is 13.0 Å². The van der Waals surface area contributed by atoms with E-state index in [1.54, 1.807) is 6.92 Å². The number of carbonyl (C=O) groups excluding carboxylic acids is 2. The van der Waals surface area contributed by atoms with E-state index in [0.29, 0.717) is 12.4 Å². The van der Waals surface area contributed by atoms with Crippen LogP contribution in [0.3, 0.4) is 0 Å². The van der Waals surface area contributed by atoms with Crippen molar-refractivity contribution in [2.75, 3.05) is 13.2 Å². The van der Waals surface area contributed by atoms with Crippen LogP contribution in [0.25, 0.3) is 0 Å². The molecule has 1 rings (SSSR count). The normalized spacial score (nSPS) is 10.0. The molecule has 0 N–H and O–H groups in total. The van der Waals surface area contributed by atoms with Gasteiger partial charge in [-0.05, 0) is 31.0 Å². The second-order valence-electron chi connectivity index (χ2n) is 4.13. The summed E-state index contributed by atoms with van der Waals surface area (Å²) in [5.41, 5.74) is 1.16. The van der Waals surface area contributed by atoms with Crippen LogP contribution in [-0.2, 0) is 20.7 Å². The fourth-order valence-corrected chi connectivity index (χ4v) is 1.57. The number of ketones is 1. The van der Waals surface area contributed by atoms with E-state index >= 15 is 0 Å². The zero-order chi connectivity index (χ0) is 14.1. The van der Waals surface area contributed by atoms with E-state index in [1.807, 2.05) is 24.3 Å². The highest BCUT2D eigenvalue weighted by molar-refractivity contribution is 5.84. The molecule has 0 saturated carbocycles. The van der Waals surface area contributed by atoms with Crippen molar-refractivity contribution >= 4 is 11.8 Å². The molecule has 1 aromatic carbocycles. The van der Waals surface area contributed by atoms with Crippen LogP contribution < -0.4 is 4.74 Å². The highest BCUT2D eigenvalue weighted by Crippen LogP contribution is 2.13. The molecule has 1 aromatic rings. The third-order valence-corrected chi connectivity index (χ3v) is 2.62. The number of benzene rings is 1. The lowest BCUT2D eigenvalue weighted by Crippen LogP contribution is -2.14. The van der Waals surface area contributed by atoms with E-state index in [0.717, 1.165) is 12.0 Å². The van der Waals surface area contributed by atoms with Crippen molar-refractivity contribution in [2.45, 2.75) is 33.1 Å². The summed E-state index contributed by atoms with van der Waals surface area (Å²) in [4.78, 5) is 22.6. The maximum Gasteiger partial charge on any atom is 0.306 e. The summed E-state index contributed by atoms with van der Waals surface area (Å²) in [5, 5.41) is 0. The highest BCUT2D eigenvalue weighted by Gasteiger charge is 2.08. The van der Waals surface area contributed by atoms with E-state index in [-0.39, 0.29) is 31.2 Å². The molecule has 0 aromatic heterocycles. The minimum atomic E-state index is -0.344. The van der Waals surface area contributed by atoms with Crippen LogP contribution in [0, 0.1) is 0 Å². The van der Waals surface area contributed by atoms with Gasteiger partial charge in [0.1, 0.15) is 12.4 Å². The quantitative estimate of drug-likeness (QED) is 0.677. The Morgan fingerprint density at radius 3 is 2.63 bits per heavy atom. The van der Waals surface area contributed by atoms with Gasteiger partial charge in [0.25, 0.3) is 0 Å². The third kappa shape index (κ3) is 6.04. The second-order valence-corrected chi connectivity index (χ2v) is 4.13. The van der Waals surface area contributed by atoms with Crippen LogP contribution in [0.15, 0.2) is 24.3 Å². The van der Waals surface area contributed by atoms with Gasteiger partial charge in [-0.2, -0.15) is 0 Å². The second kappa shape index (κ2) is 8.29. The average Bonchev–Trinajstić information content (AvgIpc) is 2.43. The number of aryl methyl sites for hydroxylation is 1. The molecule has 0 heterocycles. The van der Waals surface area contributed by atoms with E-state index in [4.69, 9.17) is 9.47 Å². The van der Waals surface area contributed by atoms with E-state index < -0.39 is 0 Å². The molecule has 19 heavy (non-hydrogen) atoms. The van der Waals surface area contributed by atoms with Gasteiger partial charge in [-0.15, -0.1) is 0 Å². The summed E-state index contributed by atoms with van der Waals surface area (Å²) in [5.74, 6) is 0.239. The standard InChI is InChI=1S/C15H20O4/c1-3-12-6-5-7-14(10-12)19-11-13(16)8-9-15(17)18-4-2/h5-7,10H,3-4,8-9,11H2,1-2H3. The molecule has 104 valence electrons. The molecule has 0 unspecified atom stereocenters. The maximum absolute atomic E-state index is 11.5. The van der Waals surface area contributed by atoms with Gasteiger partial charge in [-0.3, -0.25) is 9.59 Å². The van der Waals surface area contributed by atoms with Crippen LogP contribution in [0.2, 0.25) is 0 Å². The first kappa shape index (κ1) is 15.2. The van der Waals surface area contributed by atoms with Crippen LogP contribution in [0.5, 0.6) is 5.75 Å². The van der Waals surface area contributed by atoms with E-state index in [2.05, 4.69) is 6.92 Å². The summed E-state index contributed by atoms with van der Waals surface area (Å²) in [6.45, 7) is 4.13. The zero-order valence-electron chi connectivity index (χ0n) is 11.5. The topological polar surface area (TPSA) is 52.6 Å². The van der Waals surface area contributed by atoms with Gasteiger partial charge >= 0.3 is 5.97 Å². The smallest absolute Gasteiger partial charge is 0.306 e. The largest absolute Gasteiger partial charge is 0.486 e. The van der Waals surface area contributed by atoms with Gasteiger partial charge in [0.15, 0.2) is 5.78 Å². The Labute approximate surface area is 113 Å². The van der Waals surface area contributed by atoms with E-state index in [1.165, 1.54) is 0 Å². The number of ether oxygens (including phenoxy) is 2. The fourth-order valence-electron chi connectivity index (χ4n) is 1.57. The molecule has 4 heteroatoms. The van der Waals surface area contributed by atoms with Gasteiger partial charge in [0, 0.05) is 6.42 Å². The van der Waals surface area contributed by atoms with Crippen molar-refractivity contribution in [2.24, 2.45) is 0 Å². The minimum Gasteiger partial charge on any atom is -0.486 e. The Kier molecular flexibility index (Phi) is 6.64. The molecule has 0 amide bonds. The number of Topliss-reactive ketones (excluding diaryl/α,β-unsaturated/α-hetero) is 1. The highest BCUT2D eigenvalue weighted by atomic mass is 16.5. The zero-order valence-corrected chi connectivity index (χ0v) is 11.5. The Bertz CT molecular complexity index is 426. The van der Waals surface area contributed by atoms with Crippen molar-refractivity contribution in [3.8, 4) is 5.75 Å². The molecule has 4 nitrogen and oxygen atoms in total. The number of hydrogen-bond donors (Lipinski definition) is 0. The van der Waals surface area contributed by atoms with Gasteiger partial charge in [0.2, 0.25) is 0 Å². The molecule has 0 saturated heterocycles. The molecule has 0 spiro atoms. The average molecular weight is 264 g/mol. The van der Waals surface area contributed by atoms with Crippen molar-refractivity contribution < 1.29 is 19.1 Å². The first-order valence-electron chi connectivity index (χ1n) is 6.54. The minimum absolute atomic E-state index is 0.00737. The number of carbonyl (C=O) groups is 2. The Balaban J connectivity index is 2.31. The van der Waals surface area contributed by atoms with Gasteiger partial charge in [-0.25, -0.2) is 0 Å². The van der Waals surface area contributed by atoms with Gasteiger partial charge in [-0.1, -0.05) is 19.1 Å². The number of hydrogen-bond acceptors (Lipinski definition) is 4. The fraction of sp³-hybridized carbons (Fsp3) is 0.467. The van der Waals surface area contributed by atoms with Gasteiger partial charge < -0.3 is 9.47 Å². The molecule has 0 aliphatic rings. The molecular weight excluding hydrogens is 244 g/mol. The van der Waals surface area contributed by atoms with Crippen molar-refractivity contribution in [3.05, 3.63) is 29.8 Å². The molecule has 0 radical (unpaired) electrons. The summed E-state index contributed by atoms with van der Waals surface area (Å²) in [6, 6.07) is 7.64. The number of esters is 1. The summed E-state index contributed by atoms with van der Waals surface area (Å²) >= 11 is 0. The lowest BCUT2D eigenvalue weighted by atomic mass is 10.2. The molecule has 0 aliphatic carbocycles. The molecule has 0 aliphatic heterocycles. The molecule has 0 atom stereocenters. The maximum atomic E-state index is 11.5. The monoisotopic (exact) mass is 264 g/mol. The Morgan fingerprint density at radius 1 is 1.16 bits per heavy atom. The molecule has 0 bridgehead atoms. The Morgan fingerprint density at radius 2 is 1.95 bits per heavy atom. The van der Waals surface area contributed by atoms with Crippen LogP contribution >= 0.6 is 0 Å². The summed E-state index contributed by atoms with van der Waals surface area (Å²) < 4.78 is 10.2. The van der Waals surface area contributed by atoms with Crippen molar-refractivity contribution in [1.29, 1.82) is 0 Å².